The lowest BCUT2D eigenvalue weighted by Gasteiger charge is -2.19. The molecule has 4 nitrogen and oxygen atoms in total. The van der Waals surface area contributed by atoms with Crippen molar-refractivity contribution in [3.63, 3.8) is 0 Å². The van der Waals surface area contributed by atoms with Crippen LogP contribution in [0.5, 0.6) is 5.75 Å². The third-order valence-corrected chi connectivity index (χ3v) is 3.01. The summed E-state index contributed by atoms with van der Waals surface area (Å²) in [4.78, 5) is 6.47. The molecule has 18 heavy (non-hydrogen) atoms. The Labute approximate surface area is 113 Å². The van der Waals surface area contributed by atoms with Gasteiger partial charge in [0, 0.05) is 18.6 Å². The molecular formula is C13H18ClN3O. The molecule has 0 spiro atoms. The Hall–Kier alpha value is -1.42. The number of benzene rings is 1. The van der Waals surface area contributed by atoms with Gasteiger partial charge >= 0.3 is 0 Å². The summed E-state index contributed by atoms with van der Waals surface area (Å²) in [5.74, 6) is 1.77. The molecule has 1 heterocycles. The van der Waals surface area contributed by atoms with E-state index in [-0.39, 0.29) is 6.10 Å². The number of ether oxygens (including phenoxy) is 1. The molecule has 0 aromatic heterocycles. The third kappa shape index (κ3) is 3.53. The van der Waals surface area contributed by atoms with E-state index in [1.54, 1.807) is 0 Å². The highest BCUT2D eigenvalue weighted by atomic mass is 35.5. The topological polar surface area (TPSA) is 36.9 Å². The zero-order valence-electron chi connectivity index (χ0n) is 10.7. The summed E-state index contributed by atoms with van der Waals surface area (Å²) in [5, 5.41) is 4.01. The molecule has 1 aromatic rings. The van der Waals surface area contributed by atoms with Crippen molar-refractivity contribution in [3.8, 4) is 5.75 Å². The van der Waals surface area contributed by atoms with Crippen LogP contribution in [0.15, 0.2) is 29.3 Å². The number of rotatable bonds is 4. The molecule has 0 saturated heterocycles. The first-order chi connectivity index (χ1) is 8.65. The van der Waals surface area contributed by atoms with E-state index < -0.39 is 0 Å². The minimum Gasteiger partial charge on any atom is -0.489 e. The molecule has 0 amide bonds. The molecule has 2 rings (SSSR count). The van der Waals surface area contributed by atoms with Crippen LogP contribution in [-0.2, 0) is 0 Å². The Morgan fingerprint density at radius 3 is 2.78 bits per heavy atom. The first kappa shape index (κ1) is 13.0. The van der Waals surface area contributed by atoms with E-state index in [1.807, 2.05) is 38.2 Å². The summed E-state index contributed by atoms with van der Waals surface area (Å²) in [7, 11) is 2.03. The second-order valence-corrected chi connectivity index (χ2v) is 4.83. The van der Waals surface area contributed by atoms with Crippen molar-refractivity contribution in [2.45, 2.75) is 13.0 Å². The molecule has 98 valence electrons. The van der Waals surface area contributed by atoms with E-state index in [4.69, 9.17) is 16.3 Å². The highest BCUT2D eigenvalue weighted by Gasteiger charge is 2.13. The monoisotopic (exact) mass is 267 g/mol. The van der Waals surface area contributed by atoms with Gasteiger partial charge in [-0.1, -0.05) is 11.6 Å². The van der Waals surface area contributed by atoms with Crippen molar-refractivity contribution in [2.75, 3.05) is 26.7 Å². The van der Waals surface area contributed by atoms with Crippen LogP contribution in [-0.4, -0.2) is 43.6 Å². The molecule has 1 aromatic carbocycles. The average molecular weight is 268 g/mol. The minimum absolute atomic E-state index is 0.0721. The van der Waals surface area contributed by atoms with Crippen LogP contribution < -0.4 is 10.1 Å². The van der Waals surface area contributed by atoms with Gasteiger partial charge in [-0.15, -0.1) is 0 Å². The largest absolute Gasteiger partial charge is 0.489 e. The van der Waals surface area contributed by atoms with Crippen LogP contribution in [0.1, 0.15) is 6.92 Å². The second-order valence-electron chi connectivity index (χ2n) is 4.39. The Bertz CT molecular complexity index is 419. The Morgan fingerprint density at radius 2 is 2.17 bits per heavy atom. The summed E-state index contributed by atoms with van der Waals surface area (Å²) < 4.78 is 5.77. The van der Waals surface area contributed by atoms with E-state index >= 15 is 0 Å². The van der Waals surface area contributed by atoms with Gasteiger partial charge in [-0.3, -0.25) is 4.99 Å². The van der Waals surface area contributed by atoms with E-state index in [9.17, 15) is 0 Å². The SMILES string of the molecule is CC(CNC1=NCCN1C)Oc1ccc(Cl)cc1. The van der Waals surface area contributed by atoms with E-state index in [0.717, 1.165) is 36.4 Å². The number of nitrogens with one attached hydrogen (secondary N) is 1. The molecule has 0 saturated carbocycles. The lowest BCUT2D eigenvalue weighted by atomic mass is 10.3. The van der Waals surface area contributed by atoms with E-state index in [1.165, 1.54) is 0 Å². The van der Waals surface area contributed by atoms with Crippen LogP contribution in [0.25, 0.3) is 0 Å². The predicted molar refractivity (Wildman–Crippen MR) is 74.5 cm³/mol. The summed E-state index contributed by atoms with van der Waals surface area (Å²) in [5.41, 5.74) is 0. The molecule has 1 N–H and O–H groups in total. The number of aliphatic imine (C=N–C) groups is 1. The molecule has 5 heteroatoms. The maximum atomic E-state index is 5.82. The van der Waals surface area contributed by atoms with Crippen molar-refractivity contribution in [3.05, 3.63) is 29.3 Å². The Morgan fingerprint density at radius 1 is 1.44 bits per heavy atom. The summed E-state index contributed by atoms with van der Waals surface area (Å²) in [6.45, 7) is 4.60. The fraction of sp³-hybridized carbons (Fsp3) is 0.462. The predicted octanol–water partition coefficient (Wildman–Crippen LogP) is 2.00. The zero-order chi connectivity index (χ0) is 13.0. The lowest BCUT2D eigenvalue weighted by Crippen LogP contribution is -2.40. The Balaban J connectivity index is 1.78. The molecule has 1 unspecified atom stereocenters. The normalized spacial score (nSPS) is 16.4. The number of hydrogen-bond donors (Lipinski definition) is 1. The van der Waals surface area contributed by atoms with Gasteiger partial charge in [0.1, 0.15) is 11.9 Å². The molecule has 1 aliphatic rings. The third-order valence-electron chi connectivity index (χ3n) is 2.76. The van der Waals surface area contributed by atoms with Gasteiger partial charge in [-0.2, -0.15) is 0 Å². The quantitative estimate of drug-likeness (QED) is 0.907. The molecule has 0 radical (unpaired) electrons. The van der Waals surface area contributed by atoms with Crippen molar-refractivity contribution >= 4 is 17.6 Å². The smallest absolute Gasteiger partial charge is 0.193 e. The minimum atomic E-state index is 0.0721. The molecule has 1 aliphatic heterocycles. The first-order valence-corrected chi connectivity index (χ1v) is 6.44. The van der Waals surface area contributed by atoms with Crippen LogP contribution in [0.2, 0.25) is 5.02 Å². The van der Waals surface area contributed by atoms with Crippen molar-refractivity contribution in [1.29, 1.82) is 0 Å². The number of guanidine groups is 1. The summed E-state index contributed by atoms with van der Waals surface area (Å²) >= 11 is 5.82. The van der Waals surface area contributed by atoms with E-state index in [2.05, 4.69) is 15.2 Å². The maximum absolute atomic E-state index is 5.82. The number of likely N-dealkylation sites (N-methyl/N-ethyl adjacent to an activating group) is 1. The molecule has 1 atom stereocenters. The van der Waals surface area contributed by atoms with Gasteiger partial charge in [0.2, 0.25) is 0 Å². The van der Waals surface area contributed by atoms with Crippen LogP contribution in [0.3, 0.4) is 0 Å². The van der Waals surface area contributed by atoms with Gasteiger partial charge in [-0.25, -0.2) is 0 Å². The highest BCUT2D eigenvalue weighted by Crippen LogP contribution is 2.16. The van der Waals surface area contributed by atoms with Crippen LogP contribution in [0, 0.1) is 0 Å². The van der Waals surface area contributed by atoms with Gasteiger partial charge in [0.25, 0.3) is 0 Å². The van der Waals surface area contributed by atoms with Gasteiger partial charge in [-0.05, 0) is 31.2 Å². The number of halogens is 1. The average Bonchev–Trinajstić information content (AvgIpc) is 2.75. The standard InChI is InChI=1S/C13H18ClN3O/c1-10(9-16-13-15-7-8-17(13)2)18-12-5-3-11(14)4-6-12/h3-6,10H,7-9H2,1-2H3,(H,15,16). The maximum Gasteiger partial charge on any atom is 0.193 e. The van der Waals surface area contributed by atoms with Gasteiger partial charge in [0.15, 0.2) is 5.96 Å². The van der Waals surface area contributed by atoms with Crippen molar-refractivity contribution in [1.82, 2.24) is 10.2 Å². The second kappa shape index (κ2) is 5.96. The van der Waals surface area contributed by atoms with Crippen LogP contribution in [0.4, 0.5) is 0 Å². The first-order valence-electron chi connectivity index (χ1n) is 6.07. The number of hydrogen-bond acceptors (Lipinski definition) is 4. The molecule has 0 fully saturated rings. The van der Waals surface area contributed by atoms with Gasteiger partial charge in [0.05, 0.1) is 13.1 Å². The van der Waals surface area contributed by atoms with Crippen molar-refractivity contribution < 1.29 is 4.74 Å². The Kier molecular flexibility index (Phi) is 4.31. The zero-order valence-corrected chi connectivity index (χ0v) is 11.4. The molecule has 0 aliphatic carbocycles. The van der Waals surface area contributed by atoms with Crippen molar-refractivity contribution in [2.24, 2.45) is 4.99 Å². The van der Waals surface area contributed by atoms with Crippen LogP contribution >= 0.6 is 11.6 Å². The fourth-order valence-electron chi connectivity index (χ4n) is 1.75. The molecular weight excluding hydrogens is 250 g/mol. The summed E-state index contributed by atoms with van der Waals surface area (Å²) in [6, 6.07) is 7.40. The lowest BCUT2D eigenvalue weighted by molar-refractivity contribution is 0.223. The van der Waals surface area contributed by atoms with E-state index in [0.29, 0.717) is 0 Å². The van der Waals surface area contributed by atoms with Gasteiger partial charge < -0.3 is 15.0 Å². The number of nitrogens with zero attached hydrogens (tertiary/aromatic N) is 2. The highest BCUT2D eigenvalue weighted by molar-refractivity contribution is 6.30. The fourth-order valence-corrected chi connectivity index (χ4v) is 1.87. The summed E-state index contributed by atoms with van der Waals surface area (Å²) in [6.07, 6.45) is 0.0721. The molecule has 0 bridgehead atoms.